The Kier molecular flexibility index (Phi) is 5.99. The first-order chi connectivity index (χ1) is 9.27. The fourth-order valence-electron chi connectivity index (χ4n) is 2.74. The zero-order chi connectivity index (χ0) is 15.3. The van der Waals surface area contributed by atoms with E-state index in [0.29, 0.717) is 12.3 Å². The van der Waals surface area contributed by atoms with Crippen molar-refractivity contribution in [2.45, 2.75) is 59.0 Å². The van der Waals surface area contributed by atoms with Crippen LogP contribution in [0.5, 0.6) is 0 Å². The molecule has 1 aliphatic rings. The Labute approximate surface area is 121 Å². The Morgan fingerprint density at radius 1 is 1.40 bits per heavy atom. The summed E-state index contributed by atoms with van der Waals surface area (Å²) in [6, 6.07) is -0.817. The highest BCUT2D eigenvalue weighted by molar-refractivity contribution is 5.88. The van der Waals surface area contributed by atoms with Crippen LogP contribution in [0.4, 0.5) is 0 Å². The molecule has 5 nitrogen and oxygen atoms in total. The van der Waals surface area contributed by atoms with Crippen molar-refractivity contribution < 1.29 is 14.3 Å². The van der Waals surface area contributed by atoms with Crippen molar-refractivity contribution >= 4 is 11.9 Å². The topological polar surface area (TPSA) is 67.4 Å². The van der Waals surface area contributed by atoms with Crippen molar-refractivity contribution in [1.82, 2.24) is 10.6 Å². The van der Waals surface area contributed by atoms with Crippen LogP contribution in [-0.4, -0.2) is 37.6 Å². The molecule has 2 atom stereocenters. The second-order valence-electron chi connectivity index (χ2n) is 6.69. The van der Waals surface area contributed by atoms with Gasteiger partial charge in [-0.1, -0.05) is 27.7 Å². The van der Waals surface area contributed by atoms with Gasteiger partial charge in [-0.05, 0) is 37.1 Å². The first-order valence-corrected chi connectivity index (χ1v) is 7.39. The molecular weight excluding hydrogens is 256 g/mol. The molecule has 0 saturated carbocycles. The van der Waals surface area contributed by atoms with Gasteiger partial charge in [0, 0.05) is 0 Å². The highest BCUT2D eigenvalue weighted by Crippen LogP contribution is 2.30. The van der Waals surface area contributed by atoms with E-state index in [0.717, 1.165) is 19.4 Å². The Morgan fingerprint density at radius 2 is 2.05 bits per heavy atom. The quantitative estimate of drug-likeness (QED) is 0.750. The molecule has 2 N–H and O–H groups in total. The van der Waals surface area contributed by atoms with Crippen molar-refractivity contribution in [3.05, 3.63) is 0 Å². The minimum absolute atomic E-state index is 0.0964. The largest absolute Gasteiger partial charge is 0.467 e. The van der Waals surface area contributed by atoms with E-state index in [1.165, 1.54) is 7.11 Å². The summed E-state index contributed by atoms with van der Waals surface area (Å²) in [5.74, 6) is -0.168. The van der Waals surface area contributed by atoms with Gasteiger partial charge in [0.2, 0.25) is 5.91 Å². The van der Waals surface area contributed by atoms with Crippen LogP contribution in [-0.2, 0) is 14.3 Å². The fraction of sp³-hybridized carbons (Fsp3) is 0.867. The molecule has 20 heavy (non-hydrogen) atoms. The number of hydrogen-bond acceptors (Lipinski definition) is 4. The molecular formula is C15H28N2O3. The molecule has 0 aromatic heterocycles. The second-order valence-corrected chi connectivity index (χ2v) is 6.69. The molecule has 1 unspecified atom stereocenters. The molecule has 116 valence electrons. The average Bonchev–Trinajstić information content (AvgIpc) is 2.35. The lowest BCUT2D eigenvalue weighted by molar-refractivity contribution is -0.146. The molecule has 0 bridgehead atoms. The van der Waals surface area contributed by atoms with Gasteiger partial charge in [-0.2, -0.15) is 0 Å². The predicted octanol–water partition coefficient (Wildman–Crippen LogP) is 1.47. The SMILES string of the molecule is COC(=O)[C@H](CC(C)C)NC(=O)C1NCCCC1(C)C. The van der Waals surface area contributed by atoms with Gasteiger partial charge in [-0.15, -0.1) is 0 Å². The number of piperidine rings is 1. The number of ether oxygens (including phenoxy) is 1. The molecule has 1 fully saturated rings. The number of amides is 1. The molecule has 0 aromatic rings. The third-order valence-corrected chi connectivity index (χ3v) is 3.90. The molecule has 0 aliphatic carbocycles. The summed E-state index contributed by atoms with van der Waals surface area (Å²) in [6.45, 7) is 9.04. The van der Waals surface area contributed by atoms with Crippen molar-refractivity contribution in [1.29, 1.82) is 0 Å². The van der Waals surface area contributed by atoms with Gasteiger partial charge in [-0.25, -0.2) is 4.79 Å². The van der Waals surface area contributed by atoms with Crippen LogP contribution in [0.15, 0.2) is 0 Å². The lowest BCUT2D eigenvalue weighted by Crippen LogP contribution is -2.58. The molecule has 0 aromatic carbocycles. The normalized spacial score (nSPS) is 23.2. The molecule has 1 heterocycles. The van der Waals surface area contributed by atoms with E-state index in [-0.39, 0.29) is 23.3 Å². The van der Waals surface area contributed by atoms with E-state index in [9.17, 15) is 9.59 Å². The lowest BCUT2D eigenvalue weighted by atomic mass is 9.77. The third kappa shape index (κ3) is 4.47. The van der Waals surface area contributed by atoms with E-state index in [1.54, 1.807) is 0 Å². The Morgan fingerprint density at radius 3 is 2.55 bits per heavy atom. The number of hydrogen-bond donors (Lipinski definition) is 2. The van der Waals surface area contributed by atoms with Crippen LogP contribution in [0.1, 0.15) is 47.0 Å². The van der Waals surface area contributed by atoms with Crippen molar-refractivity contribution in [2.24, 2.45) is 11.3 Å². The first kappa shape index (κ1) is 17.0. The number of carbonyl (C=O) groups excluding carboxylic acids is 2. The second kappa shape index (κ2) is 7.07. The summed E-state index contributed by atoms with van der Waals surface area (Å²) >= 11 is 0. The summed E-state index contributed by atoms with van der Waals surface area (Å²) in [6.07, 6.45) is 2.67. The monoisotopic (exact) mass is 284 g/mol. The smallest absolute Gasteiger partial charge is 0.328 e. The molecule has 1 saturated heterocycles. The van der Waals surface area contributed by atoms with Gasteiger partial charge in [0.25, 0.3) is 0 Å². The van der Waals surface area contributed by atoms with Crippen LogP contribution >= 0.6 is 0 Å². The Bertz CT molecular complexity index is 353. The van der Waals surface area contributed by atoms with Gasteiger partial charge in [0.15, 0.2) is 0 Å². The van der Waals surface area contributed by atoms with E-state index >= 15 is 0 Å². The van der Waals surface area contributed by atoms with Crippen molar-refractivity contribution in [2.75, 3.05) is 13.7 Å². The number of carbonyl (C=O) groups is 2. The number of rotatable bonds is 5. The van der Waals surface area contributed by atoms with Gasteiger partial charge in [0.1, 0.15) is 6.04 Å². The van der Waals surface area contributed by atoms with E-state index in [4.69, 9.17) is 4.74 Å². The van der Waals surface area contributed by atoms with Gasteiger partial charge < -0.3 is 15.4 Å². The summed E-state index contributed by atoms with van der Waals surface area (Å²) in [7, 11) is 1.35. The van der Waals surface area contributed by atoms with Crippen LogP contribution in [0, 0.1) is 11.3 Å². The summed E-state index contributed by atoms with van der Waals surface area (Å²) < 4.78 is 4.78. The molecule has 1 amide bonds. The number of methoxy groups -OCH3 is 1. The molecule has 5 heteroatoms. The zero-order valence-electron chi connectivity index (χ0n) is 13.3. The summed E-state index contributed by atoms with van der Waals surface area (Å²) in [5, 5.41) is 6.11. The lowest BCUT2D eigenvalue weighted by Gasteiger charge is -2.38. The van der Waals surface area contributed by atoms with Crippen LogP contribution in [0.2, 0.25) is 0 Å². The zero-order valence-corrected chi connectivity index (χ0v) is 13.3. The van der Waals surface area contributed by atoms with Crippen molar-refractivity contribution in [3.8, 4) is 0 Å². The molecule has 1 rings (SSSR count). The minimum Gasteiger partial charge on any atom is -0.467 e. The Balaban J connectivity index is 2.71. The van der Waals surface area contributed by atoms with E-state index in [2.05, 4.69) is 24.5 Å². The van der Waals surface area contributed by atoms with Crippen LogP contribution in [0.3, 0.4) is 0 Å². The molecule has 1 aliphatic heterocycles. The van der Waals surface area contributed by atoms with Gasteiger partial charge in [-0.3, -0.25) is 4.79 Å². The molecule has 0 spiro atoms. The van der Waals surface area contributed by atoms with Crippen LogP contribution in [0.25, 0.3) is 0 Å². The number of esters is 1. The molecule has 0 radical (unpaired) electrons. The van der Waals surface area contributed by atoms with Gasteiger partial charge in [0.05, 0.1) is 13.2 Å². The van der Waals surface area contributed by atoms with Crippen LogP contribution < -0.4 is 10.6 Å². The fourth-order valence-corrected chi connectivity index (χ4v) is 2.74. The van der Waals surface area contributed by atoms with E-state index < -0.39 is 6.04 Å². The van der Waals surface area contributed by atoms with Crippen molar-refractivity contribution in [3.63, 3.8) is 0 Å². The minimum atomic E-state index is -0.563. The highest BCUT2D eigenvalue weighted by Gasteiger charge is 2.38. The average molecular weight is 284 g/mol. The Hall–Kier alpha value is -1.10. The highest BCUT2D eigenvalue weighted by atomic mass is 16.5. The third-order valence-electron chi connectivity index (χ3n) is 3.90. The number of nitrogens with one attached hydrogen (secondary N) is 2. The first-order valence-electron chi connectivity index (χ1n) is 7.39. The maximum absolute atomic E-state index is 12.4. The maximum Gasteiger partial charge on any atom is 0.328 e. The van der Waals surface area contributed by atoms with Gasteiger partial charge >= 0.3 is 5.97 Å². The standard InChI is InChI=1S/C15H28N2O3/c1-10(2)9-11(14(19)20-5)17-13(18)12-15(3,4)7-6-8-16-12/h10-12,16H,6-9H2,1-5H3,(H,17,18)/t11-,12?/m0/s1. The maximum atomic E-state index is 12.4. The summed E-state index contributed by atoms with van der Waals surface area (Å²) in [5.41, 5.74) is -0.0964. The summed E-state index contributed by atoms with van der Waals surface area (Å²) in [4.78, 5) is 24.2. The predicted molar refractivity (Wildman–Crippen MR) is 78.2 cm³/mol. The van der Waals surface area contributed by atoms with E-state index in [1.807, 2.05) is 13.8 Å².